The van der Waals surface area contributed by atoms with Crippen LogP contribution in [0.25, 0.3) is 10.1 Å². The molecule has 1 aromatic heterocycles. The lowest BCUT2D eigenvalue weighted by Gasteiger charge is -2.30. The molecule has 2 fully saturated rings. The van der Waals surface area contributed by atoms with Gasteiger partial charge in [0.25, 0.3) is 5.91 Å². The van der Waals surface area contributed by atoms with Gasteiger partial charge in [0.1, 0.15) is 12.1 Å². The Hall–Kier alpha value is -4.30. The molecule has 0 bridgehead atoms. The highest BCUT2D eigenvalue weighted by molar-refractivity contribution is 7.17. The van der Waals surface area contributed by atoms with Gasteiger partial charge in [-0.1, -0.05) is 92.7 Å². The monoisotopic (exact) mass is 593 g/mol. The number of Topliss-reactive ketones (excluding diaryl/α,β-unsaturated/α-hetero) is 1. The number of rotatable bonds is 8. The molecule has 2 aliphatic rings. The molecule has 3 heterocycles. The van der Waals surface area contributed by atoms with Gasteiger partial charge in [0, 0.05) is 22.0 Å². The first-order valence-electron chi connectivity index (χ1n) is 14.8. The second kappa shape index (κ2) is 12.1. The standard InChI is InChI=1S/C35H35N3O4S/c1-22(2)19-27(36-33(40)31(23-11-5-3-6-12-23)24-13-7-4-8-14-24)35(42)37-18-17-28-32(37)29(39)20-38(28)34(41)26-21-43-30-16-10-9-15-25(26)30/h3-16,21-22,27-28,31-32H,17-20H2,1-2H3,(H,36,40)/t27-,28+,32-/m0/s1. The van der Waals surface area contributed by atoms with Gasteiger partial charge in [0.2, 0.25) is 11.8 Å². The summed E-state index contributed by atoms with van der Waals surface area (Å²) in [4.78, 5) is 58.4. The molecule has 0 saturated carbocycles. The normalized spacial score (nSPS) is 18.8. The lowest BCUT2D eigenvalue weighted by molar-refractivity contribution is -0.140. The Balaban J connectivity index is 1.23. The SMILES string of the molecule is CC(C)C[C@H](NC(=O)C(c1ccccc1)c1ccccc1)C(=O)N1CC[C@@H]2[C@H]1C(=O)CN2C(=O)c1csc2ccccc12. The maximum atomic E-state index is 14.1. The zero-order chi connectivity index (χ0) is 30.1. The summed E-state index contributed by atoms with van der Waals surface area (Å²) >= 11 is 1.51. The average molecular weight is 594 g/mol. The Morgan fingerprint density at radius 1 is 0.884 bits per heavy atom. The molecule has 7 nitrogen and oxygen atoms in total. The first-order chi connectivity index (χ1) is 20.8. The predicted octanol–water partition coefficient (Wildman–Crippen LogP) is 5.26. The molecule has 2 aliphatic heterocycles. The summed E-state index contributed by atoms with van der Waals surface area (Å²) in [7, 11) is 0. The van der Waals surface area contributed by atoms with Crippen LogP contribution in [-0.2, 0) is 14.4 Å². The third kappa shape index (κ3) is 5.59. The van der Waals surface area contributed by atoms with Crippen LogP contribution in [0.2, 0.25) is 0 Å². The van der Waals surface area contributed by atoms with E-state index in [2.05, 4.69) is 5.32 Å². The summed E-state index contributed by atoms with van der Waals surface area (Å²) < 4.78 is 1.02. The second-order valence-electron chi connectivity index (χ2n) is 11.8. The number of fused-ring (bicyclic) bond motifs is 2. The molecule has 43 heavy (non-hydrogen) atoms. The van der Waals surface area contributed by atoms with Crippen LogP contribution in [0.15, 0.2) is 90.3 Å². The fourth-order valence-corrected chi connectivity index (χ4v) is 7.51. The number of hydrogen-bond acceptors (Lipinski definition) is 5. The van der Waals surface area contributed by atoms with Crippen LogP contribution in [0.1, 0.15) is 54.1 Å². The van der Waals surface area contributed by atoms with Crippen LogP contribution in [0, 0.1) is 5.92 Å². The first kappa shape index (κ1) is 28.8. The van der Waals surface area contributed by atoms with Gasteiger partial charge in [-0.05, 0) is 36.0 Å². The van der Waals surface area contributed by atoms with E-state index in [1.165, 1.54) is 11.3 Å². The number of nitrogens with zero attached hydrogens (tertiary/aromatic N) is 2. The molecule has 3 aromatic carbocycles. The van der Waals surface area contributed by atoms with E-state index in [4.69, 9.17) is 0 Å². The topological polar surface area (TPSA) is 86.8 Å². The van der Waals surface area contributed by atoms with Crippen LogP contribution in [0.5, 0.6) is 0 Å². The van der Waals surface area contributed by atoms with Crippen molar-refractivity contribution in [2.75, 3.05) is 13.1 Å². The van der Waals surface area contributed by atoms with Gasteiger partial charge in [0.15, 0.2) is 5.78 Å². The maximum absolute atomic E-state index is 14.1. The van der Waals surface area contributed by atoms with Crippen LogP contribution < -0.4 is 5.32 Å². The Kier molecular flexibility index (Phi) is 8.13. The van der Waals surface area contributed by atoms with Crippen LogP contribution in [-0.4, -0.2) is 64.5 Å². The van der Waals surface area contributed by atoms with Crippen molar-refractivity contribution in [3.8, 4) is 0 Å². The van der Waals surface area contributed by atoms with Gasteiger partial charge in [0.05, 0.1) is 24.1 Å². The van der Waals surface area contributed by atoms with E-state index in [-0.39, 0.29) is 42.0 Å². The van der Waals surface area contributed by atoms with Gasteiger partial charge in [-0.2, -0.15) is 0 Å². The number of hydrogen-bond donors (Lipinski definition) is 1. The van der Waals surface area contributed by atoms with Crippen molar-refractivity contribution >= 4 is 44.9 Å². The van der Waals surface area contributed by atoms with Crippen molar-refractivity contribution in [1.82, 2.24) is 15.1 Å². The average Bonchev–Trinajstić information content (AvgIpc) is 3.72. The number of amides is 3. The summed E-state index contributed by atoms with van der Waals surface area (Å²) in [6.45, 7) is 4.36. The summed E-state index contributed by atoms with van der Waals surface area (Å²) in [5.41, 5.74) is 2.27. The van der Waals surface area contributed by atoms with Gasteiger partial charge in [-0.25, -0.2) is 0 Å². The predicted molar refractivity (Wildman–Crippen MR) is 168 cm³/mol. The van der Waals surface area contributed by atoms with E-state index in [0.29, 0.717) is 24.9 Å². The summed E-state index contributed by atoms with van der Waals surface area (Å²) in [5.74, 6) is -1.29. The molecular weight excluding hydrogens is 558 g/mol. The molecule has 0 radical (unpaired) electrons. The Bertz CT molecular complexity index is 1610. The van der Waals surface area contributed by atoms with Crippen molar-refractivity contribution in [3.63, 3.8) is 0 Å². The fraction of sp³-hybridized carbons (Fsp3) is 0.314. The van der Waals surface area contributed by atoms with Crippen LogP contribution in [0.4, 0.5) is 0 Å². The van der Waals surface area contributed by atoms with Crippen LogP contribution >= 0.6 is 11.3 Å². The van der Waals surface area contributed by atoms with Gasteiger partial charge in [-0.15, -0.1) is 11.3 Å². The lowest BCUT2D eigenvalue weighted by Crippen LogP contribution is -2.53. The highest BCUT2D eigenvalue weighted by Gasteiger charge is 2.52. The highest BCUT2D eigenvalue weighted by Crippen LogP contribution is 2.34. The zero-order valence-electron chi connectivity index (χ0n) is 24.3. The highest BCUT2D eigenvalue weighted by atomic mass is 32.1. The first-order valence-corrected chi connectivity index (χ1v) is 15.7. The molecule has 3 atom stereocenters. The molecule has 0 spiro atoms. The van der Waals surface area contributed by atoms with E-state index in [9.17, 15) is 19.2 Å². The number of likely N-dealkylation sites (tertiary alicyclic amines) is 2. The van der Waals surface area contributed by atoms with E-state index >= 15 is 0 Å². The van der Waals surface area contributed by atoms with E-state index in [1.807, 2.05) is 104 Å². The fourth-order valence-electron chi connectivity index (χ4n) is 6.57. The number of benzene rings is 3. The molecule has 0 aliphatic carbocycles. The summed E-state index contributed by atoms with van der Waals surface area (Å²) in [6, 6.07) is 25.0. The summed E-state index contributed by atoms with van der Waals surface area (Å²) in [5, 5.41) is 5.81. The van der Waals surface area contributed by atoms with Crippen molar-refractivity contribution in [3.05, 3.63) is 107 Å². The quantitative estimate of drug-likeness (QED) is 0.302. The van der Waals surface area contributed by atoms with Gasteiger partial charge in [-0.3, -0.25) is 19.2 Å². The number of carbonyl (C=O) groups excluding carboxylic acids is 4. The number of ketones is 1. The minimum atomic E-state index is -0.792. The number of thiophene rings is 1. The van der Waals surface area contributed by atoms with Crippen molar-refractivity contribution in [2.45, 2.75) is 50.7 Å². The largest absolute Gasteiger partial charge is 0.343 e. The van der Waals surface area contributed by atoms with E-state index < -0.39 is 18.0 Å². The third-order valence-electron chi connectivity index (χ3n) is 8.53. The molecule has 0 unspecified atom stereocenters. The maximum Gasteiger partial charge on any atom is 0.256 e. The molecule has 3 amide bonds. The molecule has 6 rings (SSSR count). The molecule has 4 aromatic rings. The number of nitrogens with one attached hydrogen (secondary N) is 1. The van der Waals surface area contributed by atoms with Crippen LogP contribution in [0.3, 0.4) is 0 Å². The number of carbonyl (C=O) groups is 4. The van der Waals surface area contributed by atoms with Gasteiger partial charge < -0.3 is 15.1 Å². The minimum Gasteiger partial charge on any atom is -0.343 e. The van der Waals surface area contributed by atoms with Crippen molar-refractivity contribution < 1.29 is 19.2 Å². The Labute approximate surface area is 255 Å². The third-order valence-corrected chi connectivity index (χ3v) is 9.49. The molecule has 1 N–H and O–H groups in total. The Morgan fingerprint density at radius 2 is 1.51 bits per heavy atom. The van der Waals surface area contributed by atoms with E-state index in [1.54, 1.807) is 9.80 Å². The zero-order valence-corrected chi connectivity index (χ0v) is 25.1. The molecule has 2 saturated heterocycles. The summed E-state index contributed by atoms with van der Waals surface area (Å²) in [6.07, 6.45) is 0.960. The van der Waals surface area contributed by atoms with E-state index in [0.717, 1.165) is 21.2 Å². The molecule has 220 valence electrons. The second-order valence-corrected chi connectivity index (χ2v) is 12.7. The van der Waals surface area contributed by atoms with Gasteiger partial charge >= 0.3 is 0 Å². The molecular formula is C35H35N3O4S. The lowest BCUT2D eigenvalue weighted by atomic mass is 9.90. The molecule has 8 heteroatoms. The Morgan fingerprint density at radius 3 is 2.16 bits per heavy atom. The smallest absolute Gasteiger partial charge is 0.256 e. The van der Waals surface area contributed by atoms with Crippen molar-refractivity contribution in [1.29, 1.82) is 0 Å². The minimum absolute atomic E-state index is 0.0204. The van der Waals surface area contributed by atoms with Crippen molar-refractivity contribution in [2.24, 2.45) is 5.92 Å².